The van der Waals surface area contributed by atoms with Crippen molar-refractivity contribution in [2.24, 2.45) is 0 Å². The Kier molecular flexibility index (Phi) is 3.56. The lowest BCUT2D eigenvalue weighted by atomic mass is 9.91. The summed E-state index contributed by atoms with van der Waals surface area (Å²) in [5.41, 5.74) is 11.9. The fourth-order valence-corrected chi connectivity index (χ4v) is 5.94. The summed E-state index contributed by atoms with van der Waals surface area (Å²) in [6.07, 6.45) is 4.05. The zero-order valence-corrected chi connectivity index (χ0v) is 17.4. The topological polar surface area (TPSA) is 17.8 Å². The highest BCUT2D eigenvalue weighted by Gasteiger charge is 2.37. The normalized spacial score (nSPS) is 19.8. The first kappa shape index (κ1) is 17.0. The van der Waals surface area contributed by atoms with Crippen molar-refractivity contribution in [3.8, 4) is 17.1 Å². The molecule has 6 rings (SSSR count). The minimum absolute atomic E-state index is 0.753. The minimum Gasteiger partial charge on any atom is -0.292 e. The highest BCUT2D eigenvalue weighted by atomic mass is 15.1. The second-order valence-corrected chi connectivity index (χ2v) is 9.06. The third kappa shape index (κ3) is 2.45. The van der Waals surface area contributed by atoms with Crippen LogP contribution in [0.1, 0.15) is 58.9 Å². The van der Waals surface area contributed by atoms with Crippen LogP contribution in [0.2, 0.25) is 0 Å². The summed E-state index contributed by atoms with van der Waals surface area (Å²) in [5.74, 6) is 2.56. The molecule has 1 saturated carbocycles. The maximum absolute atomic E-state index is 5.19. The Morgan fingerprint density at radius 3 is 2.17 bits per heavy atom. The van der Waals surface area contributed by atoms with Crippen LogP contribution in [0.5, 0.6) is 0 Å². The quantitative estimate of drug-likeness (QED) is 0.368. The van der Waals surface area contributed by atoms with Crippen molar-refractivity contribution in [1.82, 2.24) is 9.55 Å². The molecular weight excluding hydrogens is 352 g/mol. The van der Waals surface area contributed by atoms with Crippen LogP contribution in [-0.2, 0) is 0 Å². The zero-order valence-electron chi connectivity index (χ0n) is 17.4. The standard InChI is InChI=1S/C27H26N2/c1-16-11-17(2)26(18(3)12-16)29-25-15-23-21-10-9-20(13-21)22(23)14-24(25)28-27(29)19-7-5-4-6-8-19/h4-8,11-12,14-15,20-21H,9-10,13H2,1-3H3. The van der Waals surface area contributed by atoms with E-state index in [1.807, 2.05) is 0 Å². The van der Waals surface area contributed by atoms with E-state index < -0.39 is 0 Å². The van der Waals surface area contributed by atoms with Crippen molar-refractivity contribution in [2.45, 2.75) is 51.9 Å². The van der Waals surface area contributed by atoms with E-state index in [0.717, 1.165) is 23.2 Å². The molecule has 1 heterocycles. The van der Waals surface area contributed by atoms with E-state index in [2.05, 4.69) is 79.9 Å². The number of aryl methyl sites for hydroxylation is 3. The summed E-state index contributed by atoms with van der Waals surface area (Å²) >= 11 is 0. The van der Waals surface area contributed by atoms with Gasteiger partial charge in [-0.1, -0.05) is 48.0 Å². The first-order valence-electron chi connectivity index (χ1n) is 10.8. The lowest BCUT2D eigenvalue weighted by Crippen LogP contribution is -2.04. The van der Waals surface area contributed by atoms with Gasteiger partial charge in [-0.15, -0.1) is 0 Å². The molecule has 2 atom stereocenters. The predicted octanol–water partition coefficient (Wildman–Crippen LogP) is 6.98. The number of fused-ring (bicyclic) bond motifs is 6. The molecule has 2 unspecified atom stereocenters. The Bertz CT molecular complexity index is 1240. The van der Waals surface area contributed by atoms with Crippen molar-refractivity contribution in [2.75, 3.05) is 0 Å². The van der Waals surface area contributed by atoms with Crippen LogP contribution in [0.4, 0.5) is 0 Å². The van der Waals surface area contributed by atoms with E-state index in [1.165, 1.54) is 52.7 Å². The van der Waals surface area contributed by atoms with Crippen molar-refractivity contribution in [3.05, 3.63) is 82.4 Å². The monoisotopic (exact) mass is 378 g/mol. The maximum atomic E-state index is 5.19. The molecule has 2 heteroatoms. The molecule has 144 valence electrons. The SMILES string of the molecule is Cc1cc(C)c(-n2c(-c3ccccc3)nc3cc4c(cc32)C2CCC4C2)c(C)c1. The molecule has 0 spiro atoms. The molecule has 4 aromatic rings. The van der Waals surface area contributed by atoms with Gasteiger partial charge in [-0.3, -0.25) is 4.57 Å². The molecule has 2 bridgehead atoms. The summed E-state index contributed by atoms with van der Waals surface area (Å²) in [4.78, 5) is 5.19. The molecular formula is C27H26N2. The minimum atomic E-state index is 0.753. The molecule has 1 fully saturated rings. The van der Waals surface area contributed by atoms with Gasteiger partial charge in [-0.05, 0) is 86.3 Å². The fourth-order valence-electron chi connectivity index (χ4n) is 5.94. The van der Waals surface area contributed by atoms with Gasteiger partial charge in [0.15, 0.2) is 0 Å². The lowest BCUT2D eigenvalue weighted by Gasteiger charge is -2.18. The zero-order chi connectivity index (χ0) is 19.7. The van der Waals surface area contributed by atoms with E-state index in [9.17, 15) is 0 Å². The number of benzene rings is 3. The summed E-state index contributed by atoms with van der Waals surface area (Å²) in [7, 11) is 0. The average molecular weight is 379 g/mol. The molecule has 2 nitrogen and oxygen atoms in total. The number of hydrogen-bond acceptors (Lipinski definition) is 1. The van der Waals surface area contributed by atoms with E-state index in [1.54, 1.807) is 11.1 Å². The van der Waals surface area contributed by atoms with Gasteiger partial charge in [0.1, 0.15) is 5.82 Å². The van der Waals surface area contributed by atoms with Crippen LogP contribution in [0, 0.1) is 20.8 Å². The van der Waals surface area contributed by atoms with Crippen LogP contribution in [-0.4, -0.2) is 9.55 Å². The maximum Gasteiger partial charge on any atom is 0.145 e. The third-order valence-electron chi connectivity index (χ3n) is 7.06. The first-order valence-corrected chi connectivity index (χ1v) is 10.8. The highest BCUT2D eigenvalue weighted by molar-refractivity contribution is 5.86. The Hall–Kier alpha value is -2.87. The van der Waals surface area contributed by atoms with Crippen molar-refractivity contribution >= 4 is 11.0 Å². The Morgan fingerprint density at radius 1 is 0.828 bits per heavy atom. The van der Waals surface area contributed by atoms with Crippen molar-refractivity contribution in [1.29, 1.82) is 0 Å². The highest BCUT2D eigenvalue weighted by Crippen LogP contribution is 2.54. The number of imidazole rings is 1. The molecule has 0 radical (unpaired) electrons. The van der Waals surface area contributed by atoms with Crippen LogP contribution in [0.3, 0.4) is 0 Å². The molecule has 2 aliphatic carbocycles. The Balaban J connectivity index is 1.71. The number of aromatic nitrogens is 2. The fraction of sp³-hybridized carbons (Fsp3) is 0.296. The number of rotatable bonds is 2. The first-order chi connectivity index (χ1) is 14.1. The van der Waals surface area contributed by atoms with E-state index in [4.69, 9.17) is 4.98 Å². The van der Waals surface area contributed by atoms with Gasteiger partial charge in [0, 0.05) is 5.56 Å². The van der Waals surface area contributed by atoms with Gasteiger partial charge in [0.25, 0.3) is 0 Å². The molecule has 0 saturated heterocycles. The van der Waals surface area contributed by atoms with Crippen LogP contribution in [0.25, 0.3) is 28.1 Å². The van der Waals surface area contributed by atoms with Gasteiger partial charge in [0.05, 0.1) is 16.7 Å². The summed E-state index contributed by atoms with van der Waals surface area (Å²) in [6.45, 7) is 6.63. The summed E-state index contributed by atoms with van der Waals surface area (Å²) in [6, 6.07) is 20.1. The number of nitrogens with zero attached hydrogens (tertiary/aromatic N) is 2. The number of hydrogen-bond donors (Lipinski definition) is 0. The van der Waals surface area contributed by atoms with E-state index in [0.29, 0.717) is 0 Å². The van der Waals surface area contributed by atoms with E-state index in [-0.39, 0.29) is 0 Å². The van der Waals surface area contributed by atoms with E-state index >= 15 is 0 Å². The molecule has 3 aromatic carbocycles. The molecule has 2 aliphatic rings. The lowest BCUT2D eigenvalue weighted by molar-refractivity contribution is 0.718. The average Bonchev–Trinajstić information content (AvgIpc) is 3.40. The molecule has 0 amide bonds. The van der Waals surface area contributed by atoms with Crippen molar-refractivity contribution in [3.63, 3.8) is 0 Å². The summed E-state index contributed by atoms with van der Waals surface area (Å²) < 4.78 is 2.42. The third-order valence-corrected chi connectivity index (χ3v) is 7.06. The van der Waals surface area contributed by atoms with Gasteiger partial charge >= 0.3 is 0 Å². The Morgan fingerprint density at radius 2 is 1.48 bits per heavy atom. The molecule has 29 heavy (non-hydrogen) atoms. The Labute approximate surface area is 172 Å². The van der Waals surface area contributed by atoms with Gasteiger partial charge < -0.3 is 0 Å². The second kappa shape index (κ2) is 6.06. The van der Waals surface area contributed by atoms with Gasteiger partial charge in [-0.2, -0.15) is 0 Å². The summed E-state index contributed by atoms with van der Waals surface area (Å²) in [5, 5.41) is 0. The largest absolute Gasteiger partial charge is 0.292 e. The van der Waals surface area contributed by atoms with Gasteiger partial charge in [-0.25, -0.2) is 4.98 Å². The van der Waals surface area contributed by atoms with Crippen LogP contribution < -0.4 is 0 Å². The smallest absolute Gasteiger partial charge is 0.145 e. The molecule has 1 aromatic heterocycles. The second-order valence-electron chi connectivity index (χ2n) is 9.06. The molecule has 0 N–H and O–H groups in total. The van der Waals surface area contributed by atoms with Crippen LogP contribution in [0.15, 0.2) is 54.6 Å². The molecule has 0 aliphatic heterocycles. The van der Waals surface area contributed by atoms with Crippen molar-refractivity contribution < 1.29 is 0 Å². The van der Waals surface area contributed by atoms with Gasteiger partial charge in [0.2, 0.25) is 0 Å². The van der Waals surface area contributed by atoms with Crippen LogP contribution >= 0.6 is 0 Å². The predicted molar refractivity (Wildman–Crippen MR) is 120 cm³/mol.